The minimum Gasteiger partial charge on any atom is -0.348 e. The Bertz CT molecular complexity index is 1200. The molecule has 3 aromatic carbocycles. The van der Waals surface area contributed by atoms with Crippen molar-refractivity contribution >= 4 is 29.1 Å². The predicted octanol–water partition coefficient (Wildman–Crippen LogP) is 4.48. The molecule has 0 saturated carbocycles. The number of aryl methyl sites for hydroxylation is 2. The van der Waals surface area contributed by atoms with Crippen LogP contribution in [0.3, 0.4) is 0 Å². The first-order valence-corrected chi connectivity index (χ1v) is 11.6. The van der Waals surface area contributed by atoms with Crippen LogP contribution in [0.25, 0.3) is 0 Å². The molecule has 2 N–H and O–H groups in total. The lowest BCUT2D eigenvalue weighted by atomic mass is 10.1. The molecule has 0 radical (unpaired) electrons. The molecule has 1 saturated heterocycles. The number of hydrogen-bond donors (Lipinski definition) is 2. The van der Waals surface area contributed by atoms with Crippen LogP contribution in [0.15, 0.2) is 72.8 Å². The largest absolute Gasteiger partial charge is 0.348 e. The van der Waals surface area contributed by atoms with Gasteiger partial charge in [0, 0.05) is 25.2 Å². The summed E-state index contributed by atoms with van der Waals surface area (Å²) in [4.78, 5) is 40.3. The van der Waals surface area contributed by atoms with Crippen LogP contribution in [0.4, 0.5) is 11.4 Å². The van der Waals surface area contributed by atoms with Crippen molar-refractivity contribution in [3.63, 3.8) is 0 Å². The van der Waals surface area contributed by atoms with E-state index < -0.39 is 5.92 Å². The van der Waals surface area contributed by atoms with Gasteiger partial charge in [0.25, 0.3) is 5.91 Å². The molecule has 174 valence electrons. The maximum absolute atomic E-state index is 13.1. The Balaban J connectivity index is 1.43. The lowest BCUT2D eigenvalue weighted by Crippen LogP contribution is -2.30. The summed E-state index contributed by atoms with van der Waals surface area (Å²) in [6, 6.07) is 22.7. The molecule has 0 aromatic heterocycles. The molecule has 6 heteroatoms. The SMILES string of the molecule is CCc1ccccc1N1CC(C(=O)Nc2ccccc2C(=O)NCc2ccc(C)cc2)CC1=O. The van der Waals surface area contributed by atoms with E-state index in [1.165, 1.54) is 0 Å². The molecule has 1 unspecified atom stereocenters. The average molecular weight is 456 g/mol. The van der Waals surface area contributed by atoms with Crippen LogP contribution in [0.5, 0.6) is 0 Å². The minimum absolute atomic E-state index is 0.0647. The summed E-state index contributed by atoms with van der Waals surface area (Å²) in [6.45, 7) is 4.78. The molecular formula is C28H29N3O3. The highest BCUT2D eigenvalue weighted by Crippen LogP contribution is 2.29. The Labute approximate surface area is 200 Å². The van der Waals surface area contributed by atoms with Gasteiger partial charge in [-0.25, -0.2) is 0 Å². The minimum atomic E-state index is -0.485. The number of rotatable bonds is 7. The summed E-state index contributed by atoms with van der Waals surface area (Å²) in [5.74, 6) is -1.08. The first-order chi connectivity index (χ1) is 16.5. The second-order valence-corrected chi connectivity index (χ2v) is 8.59. The van der Waals surface area contributed by atoms with Crippen LogP contribution in [-0.4, -0.2) is 24.3 Å². The van der Waals surface area contributed by atoms with Crippen molar-refractivity contribution in [3.8, 4) is 0 Å². The Morgan fingerprint density at radius 2 is 1.68 bits per heavy atom. The van der Waals surface area contributed by atoms with Gasteiger partial charge < -0.3 is 15.5 Å². The Morgan fingerprint density at radius 3 is 2.44 bits per heavy atom. The molecule has 1 fully saturated rings. The van der Waals surface area contributed by atoms with Gasteiger partial charge in [-0.2, -0.15) is 0 Å². The van der Waals surface area contributed by atoms with Crippen molar-refractivity contribution < 1.29 is 14.4 Å². The van der Waals surface area contributed by atoms with Crippen LogP contribution in [0, 0.1) is 12.8 Å². The lowest BCUT2D eigenvalue weighted by molar-refractivity contribution is -0.122. The van der Waals surface area contributed by atoms with Gasteiger partial charge in [0.1, 0.15) is 0 Å². The van der Waals surface area contributed by atoms with E-state index in [4.69, 9.17) is 0 Å². The van der Waals surface area contributed by atoms with Gasteiger partial charge in [-0.1, -0.05) is 67.1 Å². The number of anilines is 2. The molecule has 0 aliphatic carbocycles. The highest BCUT2D eigenvalue weighted by atomic mass is 16.2. The van der Waals surface area contributed by atoms with E-state index in [-0.39, 0.29) is 24.1 Å². The molecule has 3 aromatic rings. The van der Waals surface area contributed by atoms with Gasteiger partial charge in [0.05, 0.1) is 17.2 Å². The molecule has 1 heterocycles. The van der Waals surface area contributed by atoms with Crippen LogP contribution >= 0.6 is 0 Å². The molecule has 3 amide bonds. The zero-order valence-corrected chi connectivity index (χ0v) is 19.5. The molecule has 6 nitrogen and oxygen atoms in total. The quantitative estimate of drug-likeness (QED) is 0.551. The van der Waals surface area contributed by atoms with Gasteiger partial charge >= 0.3 is 0 Å². The summed E-state index contributed by atoms with van der Waals surface area (Å²) < 4.78 is 0. The second-order valence-electron chi connectivity index (χ2n) is 8.59. The number of hydrogen-bond acceptors (Lipinski definition) is 3. The second kappa shape index (κ2) is 10.3. The average Bonchev–Trinajstić information content (AvgIpc) is 3.25. The van der Waals surface area contributed by atoms with Crippen molar-refractivity contribution in [2.24, 2.45) is 5.92 Å². The summed E-state index contributed by atoms with van der Waals surface area (Å²) in [6.07, 6.45) is 0.952. The summed E-state index contributed by atoms with van der Waals surface area (Å²) in [5, 5.41) is 5.80. The van der Waals surface area contributed by atoms with Gasteiger partial charge in [-0.05, 0) is 42.7 Å². The fourth-order valence-electron chi connectivity index (χ4n) is 4.20. The number of para-hydroxylation sites is 2. The van der Waals surface area contributed by atoms with Crippen LogP contribution in [0.1, 0.15) is 40.4 Å². The standard InChI is InChI=1S/C28H29N3O3/c1-3-21-8-4-7-11-25(21)31-18-22(16-26(31)32)27(33)30-24-10-6-5-9-23(24)28(34)29-17-20-14-12-19(2)13-15-20/h4-15,22H,3,16-18H2,1-2H3,(H,29,34)(H,30,33). The lowest BCUT2D eigenvalue weighted by Gasteiger charge is -2.20. The van der Waals surface area contributed by atoms with Gasteiger partial charge in [-0.15, -0.1) is 0 Å². The molecule has 1 atom stereocenters. The zero-order chi connectivity index (χ0) is 24.1. The molecule has 1 aliphatic rings. The first kappa shape index (κ1) is 23.2. The van der Waals surface area contributed by atoms with Crippen molar-refractivity contribution in [2.75, 3.05) is 16.8 Å². The fourth-order valence-corrected chi connectivity index (χ4v) is 4.20. The van der Waals surface area contributed by atoms with Gasteiger partial charge in [-0.3, -0.25) is 14.4 Å². The van der Waals surface area contributed by atoms with Crippen molar-refractivity contribution in [2.45, 2.75) is 33.2 Å². The molecule has 0 bridgehead atoms. The zero-order valence-electron chi connectivity index (χ0n) is 19.5. The van der Waals surface area contributed by atoms with E-state index in [1.807, 2.05) is 62.4 Å². The number of nitrogens with zero attached hydrogens (tertiary/aromatic N) is 1. The third-order valence-electron chi connectivity index (χ3n) is 6.16. The molecular weight excluding hydrogens is 426 g/mol. The molecule has 4 rings (SSSR count). The third-order valence-corrected chi connectivity index (χ3v) is 6.16. The van der Waals surface area contributed by atoms with E-state index in [0.29, 0.717) is 24.3 Å². The summed E-state index contributed by atoms with van der Waals surface area (Å²) in [5.41, 5.74) is 4.92. The number of benzene rings is 3. The van der Waals surface area contributed by atoms with Gasteiger partial charge in [0.15, 0.2) is 0 Å². The molecule has 1 aliphatic heterocycles. The maximum Gasteiger partial charge on any atom is 0.253 e. The first-order valence-electron chi connectivity index (χ1n) is 11.6. The van der Waals surface area contributed by atoms with E-state index >= 15 is 0 Å². The number of carbonyl (C=O) groups excluding carboxylic acids is 3. The van der Waals surface area contributed by atoms with E-state index in [0.717, 1.165) is 28.8 Å². The Kier molecular flexibility index (Phi) is 7.07. The summed E-state index contributed by atoms with van der Waals surface area (Å²) >= 11 is 0. The van der Waals surface area contributed by atoms with Crippen LogP contribution in [-0.2, 0) is 22.6 Å². The Morgan fingerprint density at radius 1 is 0.971 bits per heavy atom. The molecule has 34 heavy (non-hydrogen) atoms. The summed E-state index contributed by atoms with van der Waals surface area (Å²) in [7, 11) is 0. The van der Waals surface area contributed by atoms with E-state index in [2.05, 4.69) is 10.6 Å². The van der Waals surface area contributed by atoms with E-state index in [9.17, 15) is 14.4 Å². The maximum atomic E-state index is 13.1. The van der Waals surface area contributed by atoms with Gasteiger partial charge in [0.2, 0.25) is 11.8 Å². The van der Waals surface area contributed by atoms with Crippen molar-refractivity contribution in [1.82, 2.24) is 5.32 Å². The highest BCUT2D eigenvalue weighted by molar-refractivity contribution is 6.07. The predicted molar refractivity (Wildman–Crippen MR) is 134 cm³/mol. The smallest absolute Gasteiger partial charge is 0.253 e. The van der Waals surface area contributed by atoms with Crippen molar-refractivity contribution in [3.05, 3.63) is 95.1 Å². The fraction of sp³-hybridized carbons (Fsp3) is 0.250. The molecule has 0 spiro atoms. The number of carbonyl (C=O) groups is 3. The highest BCUT2D eigenvalue weighted by Gasteiger charge is 2.36. The number of amides is 3. The third kappa shape index (κ3) is 5.17. The monoisotopic (exact) mass is 455 g/mol. The van der Waals surface area contributed by atoms with Crippen LogP contribution < -0.4 is 15.5 Å². The topological polar surface area (TPSA) is 78.5 Å². The normalized spacial score (nSPS) is 15.3. The van der Waals surface area contributed by atoms with E-state index in [1.54, 1.807) is 29.2 Å². The number of nitrogens with one attached hydrogen (secondary N) is 2. The Hall–Kier alpha value is -3.93. The van der Waals surface area contributed by atoms with Crippen molar-refractivity contribution in [1.29, 1.82) is 0 Å². The van der Waals surface area contributed by atoms with Crippen LogP contribution in [0.2, 0.25) is 0 Å².